The molecular weight excluding hydrogens is 322 g/mol. The molecule has 0 saturated carbocycles. The zero-order chi connectivity index (χ0) is 14.7. The molecule has 20 heavy (non-hydrogen) atoms. The molecule has 0 spiro atoms. The molecule has 1 fully saturated rings. The van der Waals surface area contributed by atoms with E-state index in [1.807, 2.05) is 43.0 Å². The van der Waals surface area contributed by atoms with Crippen LogP contribution in [0, 0.1) is 0 Å². The maximum Gasteiger partial charge on any atom is 0.263 e. The molecule has 2 rings (SSSR count). The molecule has 1 aromatic rings. The van der Waals surface area contributed by atoms with Crippen LogP contribution in [0.5, 0.6) is 5.75 Å². The molecule has 0 aromatic heterocycles. The average molecular weight is 342 g/mol. The Labute approximate surface area is 128 Å². The number of amides is 1. The van der Waals surface area contributed by atoms with Crippen LogP contribution >= 0.6 is 15.9 Å². The lowest BCUT2D eigenvalue weighted by Gasteiger charge is -2.38. The van der Waals surface area contributed by atoms with E-state index in [1.165, 1.54) is 0 Å². The van der Waals surface area contributed by atoms with Crippen LogP contribution in [-0.2, 0) is 9.53 Å². The van der Waals surface area contributed by atoms with Gasteiger partial charge in [0.05, 0.1) is 18.8 Å². The standard InChI is InChI=1S/C15H20BrNO3/c1-10-9-19-11(2)8-17(10)15(18)12(3)20-14-6-4-13(16)5-7-14/h4-7,10-12H,8-9H2,1-3H3. The van der Waals surface area contributed by atoms with Crippen molar-refractivity contribution < 1.29 is 14.3 Å². The zero-order valence-electron chi connectivity index (χ0n) is 12.0. The number of hydrogen-bond donors (Lipinski definition) is 0. The van der Waals surface area contributed by atoms with Crippen molar-refractivity contribution in [2.24, 2.45) is 0 Å². The van der Waals surface area contributed by atoms with Crippen LogP contribution in [0.4, 0.5) is 0 Å². The Balaban J connectivity index is 1.99. The summed E-state index contributed by atoms with van der Waals surface area (Å²) in [7, 11) is 0. The van der Waals surface area contributed by atoms with Gasteiger partial charge in [0.1, 0.15) is 5.75 Å². The number of carbonyl (C=O) groups is 1. The van der Waals surface area contributed by atoms with Crippen molar-refractivity contribution in [3.8, 4) is 5.75 Å². The highest BCUT2D eigenvalue weighted by Crippen LogP contribution is 2.19. The highest BCUT2D eigenvalue weighted by molar-refractivity contribution is 9.10. The van der Waals surface area contributed by atoms with Crippen molar-refractivity contribution in [3.05, 3.63) is 28.7 Å². The molecule has 1 aliphatic rings. The maximum absolute atomic E-state index is 12.5. The van der Waals surface area contributed by atoms with Gasteiger partial charge in [-0.05, 0) is 45.0 Å². The van der Waals surface area contributed by atoms with Crippen LogP contribution in [0.15, 0.2) is 28.7 Å². The molecule has 4 nitrogen and oxygen atoms in total. The van der Waals surface area contributed by atoms with Gasteiger partial charge in [-0.25, -0.2) is 0 Å². The fraction of sp³-hybridized carbons (Fsp3) is 0.533. The summed E-state index contributed by atoms with van der Waals surface area (Å²) in [5.41, 5.74) is 0. The lowest BCUT2D eigenvalue weighted by Crippen LogP contribution is -2.53. The molecule has 1 aliphatic heterocycles. The summed E-state index contributed by atoms with van der Waals surface area (Å²) in [6.07, 6.45) is -0.418. The number of morpholine rings is 1. The number of nitrogens with zero attached hydrogens (tertiary/aromatic N) is 1. The number of carbonyl (C=O) groups excluding carboxylic acids is 1. The van der Waals surface area contributed by atoms with Crippen molar-refractivity contribution in [3.63, 3.8) is 0 Å². The number of ether oxygens (including phenoxy) is 2. The summed E-state index contributed by atoms with van der Waals surface area (Å²) in [6, 6.07) is 7.57. The molecule has 3 atom stereocenters. The second kappa shape index (κ2) is 6.59. The Morgan fingerprint density at radius 2 is 2.05 bits per heavy atom. The van der Waals surface area contributed by atoms with Crippen molar-refractivity contribution in [1.29, 1.82) is 0 Å². The Morgan fingerprint density at radius 1 is 1.40 bits per heavy atom. The summed E-state index contributed by atoms with van der Waals surface area (Å²) in [5, 5.41) is 0. The largest absolute Gasteiger partial charge is 0.481 e. The summed E-state index contributed by atoms with van der Waals surface area (Å²) in [4.78, 5) is 14.3. The number of benzene rings is 1. The van der Waals surface area contributed by atoms with E-state index < -0.39 is 6.10 Å². The van der Waals surface area contributed by atoms with Gasteiger partial charge < -0.3 is 14.4 Å². The molecule has 0 N–H and O–H groups in total. The second-order valence-electron chi connectivity index (χ2n) is 5.20. The van der Waals surface area contributed by atoms with E-state index in [1.54, 1.807) is 6.92 Å². The third-order valence-electron chi connectivity index (χ3n) is 3.37. The smallest absolute Gasteiger partial charge is 0.263 e. The van der Waals surface area contributed by atoms with Gasteiger partial charge in [0.15, 0.2) is 6.10 Å². The van der Waals surface area contributed by atoms with Gasteiger partial charge in [-0.15, -0.1) is 0 Å². The Morgan fingerprint density at radius 3 is 2.70 bits per heavy atom. The van der Waals surface area contributed by atoms with E-state index in [9.17, 15) is 4.79 Å². The van der Waals surface area contributed by atoms with E-state index in [2.05, 4.69) is 15.9 Å². The topological polar surface area (TPSA) is 38.8 Å². The average Bonchev–Trinajstić information content (AvgIpc) is 2.43. The fourth-order valence-corrected chi connectivity index (χ4v) is 2.48. The highest BCUT2D eigenvalue weighted by atomic mass is 79.9. The fourth-order valence-electron chi connectivity index (χ4n) is 2.21. The van der Waals surface area contributed by atoms with Crippen molar-refractivity contribution in [1.82, 2.24) is 4.90 Å². The molecule has 0 radical (unpaired) electrons. The molecule has 5 heteroatoms. The van der Waals surface area contributed by atoms with Crippen LogP contribution in [-0.4, -0.2) is 42.2 Å². The molecule has 1 heterocycles. The van der Waals surface area contributed by atoms with Crippen LogP contribution in [0.2, 0.25) is 0 Å². The number of halogens is 1. The van der Waals surface area contributed by atoms with Crippen LogP contribution in [0.3, 0.4) is 0 Å². The molecule has 1 saturated heterocycles. The van der Waals surface area contributed by atoms with E-state index >= 15 is 0 Å². The minimum atomic E-state index is -0.496. The lowest BCUT2D eigenvalue weighted by molar-refractivity contribution is -0.149. The summed E-state index contributed by atoms with van der Waals surface area (Å²) < 4.78 is 12.2. The first-order valence-corrected chi connectivity index (χ1v) is 7.61. The minimum Gasteiger partial charge on any atom is -0.481 e. The Kier molecular flexibility index (Phi) is 5.05. The SMILES string of the molecule is CC1CN(C(=O)C(C)Oc2ccc(Br)cc2)C(C)CO1. The van der Waals surface area contributed by atoms with E-state index in [-0.39, 0.29) is 18.1 Å². The Bertz CT molecular complexity index is 463. The summed E-state index contributed by atoms with van der Waals surface area (Å²) >= 11 is 3.37. The van der Waals surface area contributed by atoms with E-state index in [0.29, 0.717) is 18.9 Å². The van der Waals surface area contributed by atoms with Crippen LogP contribution < -0.4 is 4.74 Å². The monoisotopic (exact) mass is 341 g/mol. The molecule has 0 bridgehead atoms. The quantitative estimate of drug-likeness (QED) is 0.848. The summed E-state index contributed by atoms with van der Waals surface area (Å²) in [5.74, 6) is 0.707. The third kappa shape index (κ3) is 3.73. The second-order valence-corrected chi connectivity index (χ2v) is 6.11. The van der Waals surface area contributed by atoms with Gasteiger partial charge in [-0.3, -0.25) is 4.79 Å². The van der Waals surface area contributed by atoms with E-state index in [0.717, 1.165) is 4.47 Å². The van der Waals surface area contributed by atoms with Crippen molar-refractivity contribution in [2.75, 3.05) is 13.2 Å². The number of hydrogen-bond acceptors (Lipinski definition) is 3. The molecule has 110 valence electrons. The predicted octanol–water partition coefficient (Wildman–Crippen LogP) is 2.85. The Hall–Kier alpha value is -1.07. The first-order valence-electron chi connectivity index (χ1n) is 6.81. The molecule has 1 amide bonds. The van der Waals surface area contributed by atoms with Gasteiger partial charge in [-0.2, -0.15) is 0 Å². The molecule has 3 unspecified atom stereocenters. The predicted molar refractivity (Wildman–Crippen MR) is 80.8 cm³/mol. The maximum atomic E-state index is 12.5. The van der Waals surface area contributed by atoms with Gasteiger partial charge >= 0.3 is 0 Å². The lowest BCUT2D eigenvalue weighted by atomic mass is 10.2. The minimum absolute atomic E-state index is 0.00979. The van der Waals surface area contributed by atoms with Crippen molar-refractivity contribution in [2.45, 2.75) is 39.0 Å². The van der Waals surface area contributed by atoms with Gasteiger partial charge in [0.2, 0.25) is 0 Å². The first-order chi connectivity index (χ1) is 9.47. The van der Waals surface area contributed by atoms with Crippen LogP contribution in [0.25, 0.3) is 0 Å². The van der Waals surface area contributed by atoms with Gasteiger partial charge in [-0.1, -0.05) is 15.9 Å². The van der Waals surface area contributed by atoms with Crippen LogP contribution in [0.1, 0.15) is 20.8 Å². The van der Waals surface area contributed by atoms with Gasteiger partial charge in [0.25, 0.3) is 5.91 Å². The molecular formula is C15H20BrNO3. The number of rotatable bonds is 3. The first kappa shape index (κ1) is 15.3. The zero-order valence-corrected chi connectivity index (χ0v) is 13.6. The summed E-state index contributed by atoms with van der Waals surface area (Å²) in [6.45, 7) is 6.96. The normalized spacial score (nSPS) is 24.3. The third-order valence-corrected chi connectivity index (χ3v) is 3.89. The van der Waals surface area contributed by atoms with Gasteiger partial charge in [0, 0.05) is 11.0 Å². The van der Waals surface area contributed by atoms with Crippen molar-refractivity contribution >= 4 is 21.8 Å². The molecule has 1 aromatic carbocycles. The molecule has 0 aliphatic carbocycles. The highest BCUT2D eigenvalue weighted by Gasteiger charge is 2.31. The van der Waals surface area contributed by atoms with E-state index in [4.69, 9.17) is 9.47 Å².